The molecule has 1 amide bonds. The lowest BCUT2D eigenvalue weighted by atomic mass is 9.80. The molecular formula is C12H23NO. The van der Waals surface area contributed by atoms with Crippen LogP contribution in [0.5, 0.6) is 0 Å². The zero-order chi connectivity index (χ0) is 10.4. The molecule has 0 saturated heterocycles. The smallest absolute Gasteiger partial charge is 0.219 e. The highest BCUT2D eigenvalue weighted by atomic mass is 16.1. The maximum atomic E-state index is 11.3. The Hall–Kier alpha value is -0.530. The van der Waals surface area contributed by atoms with Crippen molar-refractivity contribution in [3.05, 3.63) is 0 Å². The second kappa shape index (κ2) is 6.05. The van der Waals surface area contributed by atoms with E-state index in [4.69, 9.17) is 0 Å². The zero-order valence-corrected chi connectivity index (χ0v) is 9.51. The van der Waals surface area contributed by atoms with Crippen molar-refractivity contribution in [1.82, 2.24) is 5.32 Å². The highest BCUT2D eigenvalue weighted by Crippen LogP contribution is 2.28. The van der Waals surface area contributed by atoms with Crippen LogP contribution in [0.2, 0.25) is 0 Å². The van der Waals surface area contributed by atoms with Gasteiger partial charge in [0.15, 0.2) is 0 Å². The van der Waals surface area contributed by atoms with Crippen molar-refractivity contribution in [2.75, 3.05) is 6.54 Å². The van der Waals surface area contributed by atoms with Crippen LogP contribution >= 0.6 is 0 Å². The van der Waals surface area contributed by atoms with Crippen LogP contribution in [0.3, 0.4) is 0 Å². The molecule has 82 valence electrons. The van der Waals surface area contributed by atoms with Crippen LogP contribution in [0.4, 0.5) is 0 Å². The largest absolute Gasteiger partial charge is 0.356 e. The van der Waals surface area contributed by atoms with E-state index in [-0.39, 0.29) is 5.91 Å². The summed E-state index contributed by atoms with van der Waals surface area (Å²) in [6, 6.07) is 0. The van der Waals surface area contributed by atoms with Crippen LogP contribution < -0.4 is 5.32 Å². The maximum Gasteiger partial charge on any atom is 0.219 e. The van der Waals surface area contributed by atoms with Gasteiger partial charge in [0.05, 0.1) is 0 Å². The molecule has 0 heterocycles. The summed E-state index contributed by atoms with van der Waals surface area (Å²) >= 11 is 0. The van der Waals surface area contributed by atoms with Gasteiger partial charge in [-0.25, -0.2) is 0 Å². The third kappa shape index (κ3) is 3.69. The Kier molecular flexibility index (Phi) is 4.99. The Balaban J connectivity index is 2.19. The van der Waals surface area contributed by atoms with Crippen LogP contribution in [0.25, 0.3) is 0 Å². The van der Waals surface area contributed by atoms with Gasteiger partial charge in [0.2, 0.25) is 5.91 Å². The quantitative estimate of drug-likeness (QED) is 0.737. The van der Waals surface area contributed by atoms with E-state index in [1.807, 2.05) is 6.92 Å². The van der Waals surface area contributed by atoms with E-state index in [0.717, 1.165) is 24.8 Å². The Labute approximate surface area is 87.5 Å². The SMILES string of the molecule is CCCC(=O)NCC1CCCCC1C. The van der Waals surface area contributed by atoms with Gasteiger partial charge in [-0.2, -0.15) is 0 Å². The molecule has 0 aromatic heterocycles. The molecule has 1 rings (SSSR count). The van der Waals surface area contributed by atoms with Crippen molar-refractivity contribution in [3.8, 4) is 0 Å². The predicted molar refractivity (Wildman–Crippen MR) is 59.0 cm³/mol. The van der Waals surface area contributed by atoms with Gasteiger partial charge in [-0.3, -0.25) is 4.79 Å². The standard InChI is InChI=1S/C12H23NO/c1-3-6-12(14)13-9-11-8-5-4-7-10(11)2/h10-11H,3-9H2,1-2H3,(H,13,14). The first kappa shape index (κ1) is 11.5. The monoisotopic (exact) mass is 197 g/mol. The molecule has 1 aliphatic rings. The van der Waals surface area contributed by atoms with E-state index < -0.39 is 0 Å². The summed E-state index contributed by atoms with van der Waals surface area (Å²) in [4.78, 5) is 11.3. The minimum Gasteiger partial charge on any atom is -0.356 e. The molecule has 2 heteroatoms. The molecule has 0 aromatic rings. The third-order valence-corrected chi connectivity index (χ3v) is 3.33. The highest BCUT2D eigenvalue weighted by molar-refractivity contribution is 5.75. The highest BCUT2D eigenvalue weighted by Gasteiger charge is 2.21. The number of rotatable bonds is 4. The summed E-state index contributed by atoms with van der Waals surface area (Å²) < 4.78 is 0. The van der Waals surface area contributed by atoms with Gasteiger partial charge >= 0.3 is 0 Å². The fourth-order valence-corrected chi connectivity index (χ4v) is 2.26. The number of nitrogens with one attached hydrogen (secondary N) is 1. The molecule has 0 aromatic carbocycles. The summed E-state index contributed by atoms with van der Waals surface area (Å²) in [5, 5.41) is 3.04. The van der Waals surface area contributed by atoms with Gasteiger partial charge in [-0.05, 0) is 24.7 Å². The number of carbonyl (C=O) groups is 1. The second-order valence-electron chi connectivity index (χ2n) is 4.58. The molecule has 0 spiro atoms. The first-order chi connectivity index (χ1) is 6.74. The van der Waals surface area contributed by atoms with E-state index >= 15 is 0 Å². The summed E-state index contributed by atoms with van der Waals surface area (Å²) in [5.74, 6) is 1.75. The van der Waals surface area contributed by atoms with Gasteiger partial charge in [0.1, 0.15) is 0 Å². The molecule has 1 aliphatic carbocycles. The zero-order valence-electron chi connectivity index (χ0n) is 9.51. The molecule has 2 unspecified atom stereocenters. The fourth-order valence-electron chi connectivity index (χ4n) is 2.26. The van der Waals surface area contributed by atoms with E-state index in [2.05, 4.69) is 12.2 Å². The number of carbonyl (C=O) groups excluding carboxylic acids is 1. The van der Waals surface area contributed by atoms with Crippen LogP contribution in [-0.4, -0.2) is 12.5 Å². The summed E-state index contributed by atoms with van der Waals surface area (Å²) in [5.41, 5.74) is 0. The van der Waals surface area contributed by atoms with Gasteiger partial charge in [0.25, 0.3) is 0 Å². The normalized spacial score (nSPS) is 27.3. The van der Waals surface area contributed by atoms with Gasteiger partial charge in [-0.15, -0.1) is 0 Å². The van der Waals surface area contributed by atoms with Crippen LogP contribution in [0.1, 0.15) is 52.4 Å². The molecule has 0 aliphatic heterocycles. The fraction of sp³-hybridized carbons (Fsp3) is 0.917. The molecule has 0 bridgehead atoms. The van der Waals surface area contributed by atoms with Gasteiger partial charge in [-0.1, -0.05) is 33.1 Å². The maximum absolute atomic E-state index is 11.3. The van der Waals surface area contributed by atoms with Crippen molar-refractivity contribution in [2.24, 2.45) is 11.8 Å². The van der Waals surface area contributed by atoms with Crippen molar-refractivity contribution >= 4 is 5.91 Å². The van der Waals surface area contributed by atoms with Gasteiger partial charge < -0.3 is 5.32 Å². The molecule has 14 heavy (non-hydrogen) atoms. The molecule has 2 nitrogen and oxygen atoms in total. The Morgan fingerprint density at radius 3 is 2.71 bits per heavy atom. The Bertz CT molecular complexity index is 179. The van der Waals surface area contributed by atoms with Crippen LogP contribution in [-0.2, 0) is 4.79 Å². The lowest BCUT2D eigenvalue weighted by Gasteiger charge is -2.28. The van der Waals surface area contributed by atoms with Crippen molar-refractivity contribution in [2.45, 2.75) is 52.4 Å². The Morgan fingerprint density at radius 2 is 2.07 bits per heavy atom. The number of hydrogen-bond acceptors (Lipinski definition) is 1. The minimum absolute atomic E-state index is 0.227. The molecule has 1 fully saturated rings. The first-order valence-corrected chi connectivity index (χ1v) is 6.00. The van der Waals surface area contributed by atoms with E-state index in [0.29, 0.717) is 6.42 Å². The average molecular weight is 197 g/mol. The lowest BCUT2D eigenvalue weighted by Crippen LogP contribution is -2.33. The number of hydrogen-bond donors (Lipinski definition) is 1. The molecule has 0 radical (unpaired) electrons. The van der Waals surface area contributed by atoms with Crippen molar-refractivity contribution in [3.63, 3.8) is 0 Å². The molecule has 1 saturated carbocycles. The van der Waals surface area contributed by atoms with E-state index in [1.54, 1.807) is 0 Å². The van der Waals surface area contributed by atoms with Crippen molar-refractivity contribution in [1.29, 1.82) is 0 Å². The van der Waals surface area contributed by atoms with Crippen molar-refractivity contribution < 1.29 is 4.79 Å². The third-order valence-electron chi connectivity index (χ3n) is 3.33. The second-order valence-corrected chi connectivity index (χ2v) is 4.58. The van der Waals surface area contributed by atoms with E-state index in [9.17, 15) is 4.79 Å². The summed E-state index contributed by atoms with van der Waals surface area (Å²) in [7, 11) is 0. The molecule has 2 atom stereocenters. The van der Waals surface area contributed by atoms with Crippen LogP contribution in [0.15, 0.2) is 0 Å². The molecular weight excluding hydrogens is 174 g/mol. The number of amides is 1. The lowest BCUT2D eigenvalue weighted by molar-refractivity contribution is -0.121. The van der Waals surface area contributed by atoms with Gasteiger partial charge in [0, 0.05) is 13.0 Å². The summed E-state index contributed by atoms with van der Waals surface area (Å²) in [6.45, 7) is 5.26. The first-order valence-electron chi connectivity index (χ1n) is 6.00. The molecule has 1 N–H and O–H groups in total. The Morgan fingerprint density at radius 1 is 1.36 bits per heavy atom. The van der Waals surface area contributed by atoms with Crippen LogP contribution in [0, 0.1) is 11.8 Å². The minimum atomic E-state index is 0.227. The average Bonchev–Trinajstić information content (AvgIpc) is 2.17. The predicted octanol–water partition coefficient (Wildman–Crippen LogP) is 2.73. The van der Waals surface area contributed by atoms with E-state index in [1.165, 1.54) is 25.7 Å². The topological polar surface area (TPSA) is 29.1 Å². The summed E-state index contributed by atoms with van der Waals surface area (Å²) in [6.07, 6.45) is 6.99.